The zero-order valence-electron chi connectivity index (χ0n) is 19.1. The normalized spacial score (nSPS) is 12.2. The number of aryl methyl sites for hydroxylation is 2. The summed E-state index contributed by atoms with van der Waals surface area (Å²) >= 11 is 1.50. The van der Waals surface area contributed by atoms with Crippen molar-refractivity contribution in [2.45, 2.75) is 32.7 Å². The van der Waals surface area contributed by atoms with Crippen molar-refractivity contribution >= 4 is 45.6 Å². The van der Waals surface area contributed by atoms with E-state index in [1.807, 2.05) is 49.6 Å². The van der Waals surface area contributed by atoms with Crippen LogP contribution in [0.1, 0.15) is 23.3 Å². The molecule has 2 N–H and O–H groups in total. The van der Waals surface area contributed by atoms with Crippen molar-refractivity contribution in [1.82, 2.24) is 5.32 Å². The number of benzene rings is 2. The number of amides is 1. The third-order valence-electron chi connectivity index (χ3n) is 5.92. The first kappa shape index (κ1) is 23.6. The van der Waals surface area contributed by atoms with Crippen LogP contribution in [-0.2, 0) is 16.0 Å². The first-order valence-corrected chi connectivity index (χ1v) is 12.3. The zero-order valence-corrected chi connectivity index (χ0v) is 20.0. The van der Waals surface area contributed by atoms with Gasteiger partial charge in [0, 0.05) is 22.4 Å². The van der Waals surface area contributed by atoms with Gasteiger partial charge in [-0.15, -0.1) is 0 Å². The van der Waals surface area contributed by atoms with Crippen LogP contribution < -0.4 is 10.9 Å². The van der Waals surface area contributed by atoms with Crippen LogP contribution in [0.15, 0.2) is 56.1 Å². The van der Waals surface area contributed by atoms with Gasteiger partial charge < -0.3 is 19.3 Å². The van der Waals surface area contributed by atoms with E-state index in [-0.39, 0.29) is 12.0 Å². The Morgan fingerprint density at radius 1 is 1.06 bits per heavy atom. The summed E-state index contributed by atoms with van der Waals surface area (Å²) in [6.45, 7) is 3.66. The van der Waals surface area contributed by atoms with Gasteiger partial charge in [-0.2, -0.15) is 11.8 Å². The summed E-state index contributed by atoms with van der Waals surface area (Å²) in [7, 11) is 0. The van der Waals surface area contributed by atoms with Crippen molar-refractivity contribution in [3.63, 3.8) is 0 Å². The average Bonchev–Trinajstić information content (AvgIpc) is 3.13. The first-order chi connectivity index (χ1) is 16.3. The lowest BCUT2D eigenvalue weighted by atomic mass is 9.98. The van der Waals surface area contributed by atoms with Crippen molar-refractivity contribution in [3.8, 4) is 11.1 Å². The monoisotopic (exact) mass is 479 g/mol. The number of carbonyl (C=O) groups excluding carboxylic acids is 1. The number of hydrogen-bond donors (Lipinski definition) is 2. The van der Waals surface area contributed by atoms with E-state index in [4.69, 9.17) is 8.83 Å². The molecule has 176 valence electrons. The molecule has 0 aliphatic rings. The maximum atomic E-state index is 12.7. The maximum Gasteiger partial charge on any atom is 0.340 e. The van der Waals surface area contributed by atoms with E-state index in [1.54, 1.807) is 13.0 Å². The number of carboxylic acid groups (broad SMARTS) is 1. The Balaban J connectivity index is 1.74. The SMILES string of the molecule is CSCCC(NC(=O)Cc1c(C)c2cc3c(-c4ccccc4)c(C)oc3cc2oc1=O)C(=O)O. The van der Waals surface area contributed by atoms with Gasteiger partial charge in [-0.25, -0.2) is 9.59 Å². The molecular weight excluding hydrogens is 454 g/mol. The number of furan rings is 1. The van der Waals surface area contributed by atoms with E-state index in [2.05, 4.69) is 5.32 Å². The zero-order chi connectivity index (χ0) is 24.4. The largest absolute Gasteiger partial charge is 0.480 e. The maximum absolute atomic E-state index is 12.7. The van der Waals surface area contributed by atoms with Crippen molar-refractivity contribution in [1.29, 1.82) is 0 Å². The molecule has 0 spiro atoms. The van der Waals surface area contributed by atoms with Crippen LogP contribution in [0.25, 0.3) is 33.1 Å². The van der Waals surface area contributed by atoms with Gasteiger partial charge in [0.15, 0.2) is 0 Å². The molecule has 0 bridgehead atoms. The summed E-state index contributed by atoms with van der Waals surface area (Å²) in [5.74, 6) is -0.288. The number of hydrogen-bond acceptors (Lipinski definition) is 6. The minimum Gasteiger partial charge on any atom is -0.480 e. The van der Waals surface area contributed by atoms with Crippen LogP contribution in [0.3, 0.4) is 0 Å². The predicted octanol–water partition coefficient (Wildman–Crippen LogP) is 4.69. The van der Waals surface area contributed by atoms with Crippen LogP contribution in [0.2, 0.25) is 0 Å². The summed E-state index contributed by atoms with van der Waals surface area (Å²) in [4.78, 5) is 36.8. The molecule has 0 aliphatic heterocycles. The third kappa shape index (κ3) is 4.59. The molecule has 0 saturated heterocycles. The van der Waals surface area contributed by atoms with Gasteiger partial charge in [0.1, 0.15) is 23.0 Å². The highest BCUT2D eigenvalue weighted by molar-refractivity contribution is 7.98. The van der Waals surface area contributed by atoms with Gasteiger partial charge in [-0.05, 0) is 49.5 Å². The van der Waals surface area contributed by atoms with Gasteiger partial charge in [0.05, 0.1) is 12.0 Å². The molecular formula is C26H25NO6S. The molecule has 4 rings (SSSR count). The molecule has 2 aromatic heterocycles. The molecule has 1 amide bonds. The Hall–Kier alpha value is -3.52. The molecule has 34 heavy (non-hydrogen) atoms. The van der Waals surface area contributed by atoms with Gasteiger partial charge in [-0.1, -0.05) is 30.3 Å². The predicted molar refractivity (Wildman–Crippen MR) is 133 cm³/mol. The Morgan fingerprint density at radius 2 is 1.76 bits per heavy atom. The standard InChI is InChI=1S/C26H25NO6S/c1-14-17-11-19-22(32-15(2)24(19)16-7-5-4-6-8-16)13-21(17)33-26(31)18(14)12-23(28)27-20(25(29)30)9-10-34-3/h4-8,11,13,20H,9-10,12H2,1-3H3,(H,27,28)(H,29,30). The number of aliphatic carboxylic acids is 1. The molecule has 0 aliphatic carbocycles. The van der Waals surface area contributed by atoms with Crippen molar-refractivity contribution in [2.24, 2.45) is 0 Å². The third-order valence-corrected chi connectivity index (χ3v) is 6.56. The van der Waals surface area contributed by atoms with E-state index >= 15 is 0 Å². The Kier molecular flexibility index (Phi) is 6.79. The Morgan fingerprint density at radius 3 is 2.44 bits per heavy atom. The lowest BCUT2D eigenvalue weighted by Crippen LogP contribution is -2.42. The van der Waals surface area contributed by atoms with Gasteiger partial charge in [0.2, 0.25) is 5.91 Å². The fourth-order valence-electron chi connectivity index (χ4n) is 4.17. The number of nitrogens with one attached hydrogen (secondary N) is 1. The van der Waals surface area contributed by atoms with Crippen molar-refractivity contribution in [3.05, 3.63) is 69.8 Å². The van der Waals surface area contributed by atoms with E-state index in [1.165, 1.54) is 11.8 Å². The molecule has 2 aromatic carbocycles. The number of fused-ring (bicyclic) bond motifs is 2. The van der Waals surface area contributed by atoms with Crippen LogP contribution in [-0.4, -0.2) is 35.0 Å². The highest BCUT2D eigenvalue weighted by Gasteiger charge is 2.23. The van der Waals surface area contributed by atoms with Crippen LogP contribution in [0.4, 0.5) is 0 Å². The van der Waals surface area contributed by atoms with Gasteiger partial charge in [-0.3, -0.25) is 4.79 Å². The lowest BCUT2D eigenvalue weighted by Gasteiger charge is -2.14. The molecule has 8 heteroatoms. The van der Waals surface area contributed by atoms with Gasteiger partial charge >= 0.3 is 11.6 Å². The average molecular weight is 480 g/mol. The molecule has 0 radical (unpaired) electrons. The minimum atomic E-state index is -1.10. The second-order valence-electron chi connectivity index (χ2n) is 8.15. The summed E-state index contributed by atoms with van der Waals surface area (Å²) in [6, 6.07) is 12.5. The molecule has 2 heterocycles. The second kappa shape index (κ2) is 9.77. The Labute approximate surface area is 200 Å². The van der Waals surface area contributed by atoms with Gasteiger partial charge in [0.25, 0.3) is 0 Å². The van der Waals surface area contributed by atoms with E-state index in [0.717, 1.165) is 22.3 Å². The molecule has 0 fully saturated rings. The summed E-state index contributed by atoms with van der Waals surface area (Å²) < 4.78 is 11.5. The fraction of sp³-hybridized carbons (Fsp3) is 0.269. The molecule has 1 unspecified atom stereocenters. The lowest BCUT2D eigenvalue weighted by molar-refractivity contribution is -0.141. The van der Waals surface area contributed by atoms with E-state index < -0.39 is 23.5 Å². The number of thioether (sulfide) groups is 1. The molecule has 1 atom stereocenters. The summed E-state index contributed by atoms with van der Waals surface area (Å²) in [5, 5.41) is 13.5. The van der Waals surface area contributed by atoms with Crippen molar-refractivity contribution in [2.75, 3.05) is 12.0 Å². The summed E-state index contributed by atoms with van der Waals surface area (Å²) in [5.41, 5.74) is 3.16. The molecule has 4 aromatic rings. The topological polar surface area (TPSA) is 110 Å². The first-order valence-electron chi connectivity index (χ1n) is 10.9. The second-order valence-corrected chi connectivity index (χ2v) is 9.14. The quantitative estimate of drug-likeness (QED) is 0.353. The highest BCUT2D eigenvalue weighted by Crippen LogP contribution is 2.37. The number of rotatable bonds is 8. The van der Waals surface area contributed by atoms with Crippen molar-refractivity contribution < 1.29 is 23.5 Å². The molecule has 0 saturated carbocycles. The van der Waals surface area contributed by atoms with Crippen LogP contribution in [0.5, 0.6) is 0 Å². The van der Waals surface area contributed by atoms with E-state index in [9.17, 15) is 19.5 Å². The Bertz CT molecular complexity index is 1440. The summed E-state index contributed by atoms with van der Waals surface area (Å²) in [6.07, 6.45) is 1.90. The number of carbonyl (C=O) groups is 2. The molecule has 7 nitrogen and oxygen atoms in total. The van der Waals surface area contributed by atoms with Crippen LogP contribution >= 0.6 is 11.8 Å². The van der Waals surface area contributed by atoms with E-state index in [0.29, 0.717) is 34.3 Å². The minimum absolute atomic E-state index is 0.208. The number of carboxylic acids is 1. The van der Waals surface area contributed by atoms with Crippen LogP contribution in [0, 0.1) is 13.8 Å². The smallest absolute Gasteiger partial charge is 0.340 e. The fourth-order valence-corrected chi connectivity index (χ4v) is 4.64. The highest BCUT2D eigenvalue weighted by atomic mass is 32.2.